The maximum absolute atomic E-state index is 10.3. The number of aliphatic hydroxyl groups is 1. The second kappa shape index (κ2) is 6.15. The Labute approximate surface area is 111 Å². The molecular weight excluding hydrogens is 244 g/mol. The molecule has 0 radical (unpaired) electrons. The van der Waals surface area contributed by atoms with E-state index in [0.717, 1.165) is 0 Å². The van der Waals surface area contributed by atoms with Gasteiger partial charge in [-0.05, 0) is 19.1 Å². The molecule has 1 atom stereocenters. The van der Waals surface area contributed by atoms with Crippen LogP contribution >= 0.6 is 0 Å². The Balaban J connectivity index is 2.22. The topological polar surface area (TPSA) is 64.5 Å². The van der Waals surface area contributed by atoms with Crippen molar-refractivity contribution in [1.29, 1.82) is 0 Å². The Kier molecular flexibility index (Phi) is 4.30. The summed E-state index contributed by atoms with van der Waals surface area (Å²) in [6.45, 7) is 2.46. The molecule has 19 heavy (non-hydrogen) atoms. The number of aromatic nitrogens is 2. The van der Waals surface area contributed by atoms with Crippen LogP contribution in [-0.2, 0) is 0 Å². The van der Waals surface area contributed by atoms with Crippen molar-refractivity contribution in [1.82, 2.24) is 9.97 Å². The van der Waals surface area contributed by atoms with Crippen molar-refractivity contribution in [3.8, 4) is 11.6 Å². The van der Waals surface area contributed by atoms with Gasteiger partial charge in [0, 0.05) is 29.6 Å². The first-order valence-electron chi connectivity index (χ1n) is 6.00. The minimum atomic E-state index is -0.786. The van der Waals surface area contributed by atoms with E-state index in [1.54, 1.807) is 43.9 Å². The van der Waals surface area contributed by atoms with Gasteiger partial charge >= 0.3 is 0 Å². The highest BCUT2D eigenvalue weighted by Gasteiger charge is 2.12. The van der Waals surface area contributed by atoms with Crippen LogP contribution in [0.2, 0.25) is 0 Å². The van der Waals surface area contributed by atoms with E-state index in [0.29, 0.717) is 29.4 Å². The van der Waals surface area contributed by atoms with Gasteiger partial charge in [0.1, 0.15) is 11.9 Å². The fourth-order valence-corrected chi connectivity index (χ4v) is 1.70. The second-order valence-corrected chi connectivity index (χ2v) is 3.92. The molecule has 0 aliphatic heterocycles. The molecule has 2 aromatic heterocycles. The quantitative estimate of drug-likeness (QED) is 0.890. The number of hydrogen-bond acceptors (Lipinski definition) is 5. The predicted octanol–water partition coefficient (Wildman–Crippen LogP) is 1.97. The van der Waals surface area contributed by atoms with Gasteiger partial charge in [0.2, 0.25) is 5.88 Å². The lowest BCUT2D eigenvalue weighted by molar-refractivity contribution is 0.218. The summed E-state index contributed by atoms with van der Waals surface area (Å²) in [4.78, 5) is 8.12. The molecule has 100 valence electrons. The zero-order chi connectivity index (χ0) is 13.7. The van der Waals surface area contributed by atoms with E-state index >= 15 is 0 Å². The smallest absolute Gasteiger partial charge is 0.212 e. The van der Waals surface area contributed by atoms with Crippen molar-refractivity contribution in [3.63, 3.8) is 0 Å². The summed E-state index contributed by atoms with van der Waals surface area (Å²) in [5.74, 6) is 1.15. The Bertz CT molecular complexity index is 528. The van der Waals surface area contributed by atoms with Gasteiger partial charge in [0.05, 0.1) is 19.9 Å². The van der Waals surface area contributed by atoms with Crippen molar-refractivity contribution in [3.05, 3.63) is 47.9 Å². The molecule has 0 spiro atoms. The standard InChI is InChI=1S/C14H16N2O3/c1-3-19-12-6-11(7-15-9-12)14(17)10-4-5-13(18-2)16-8-10/h4-9,14,17H,3H2,1-2H3. The molecule has 0 saturated carbocycles. The second-order valence-electron chi connectivity index (χ2n) is 3.92. The van der Waals surface area contributed by atoms with Gasteiger partial charge in [0.25, 0.3) is 0 Å². The van der Waals surface area contributed by atoms with Crippen LogP contribution < -0.4 is 9.47 Å². The van der Waals surface area contributed by atoms with Gasteiger partial charge in [-0.1, -0.05) is 0 Å². The number of methoxy groups -OCH3 is 1. The van der Waals surface area contributed by atoms with Crippen molar-refractivity contribution in [2.24, 2.45) is 0 Å². The normalized spacial score (nSPS) is 11.9. The molecule has 0 aliphatic carbocycles. The highest BCUT2D eigenvalue weighted by molar-refractivity contribution is 5.32. The van der Waals surface area contributed by atoms with E-state index < -0.39 is 6.10 Å². The third kappa shape index (κ3) is 3.20. The lowest BCUT2D eigenvalue weighted by Gasteiger charge is -2.12. The molecule has 2 heterocycles. The highest BCUT2D eigenvalue weighted by atomic mass is 16.5. The van der Waals surface area contributed by atoms with E-state index in [1.807, 2.05) is 6.92 Å². The SMILES string of the molecule is CCOc1cncc(C(O)c2ccc(OC)nc2)c1. The first-order chi connectivity index (χ1) is 9.24. The number of rotatable bonds is 5. The van der Waals surface area contributed by atoms with E-state index in [4.69, 9.17) is 9.47 Å². The molecule has 5 nitrogen and oxygen atoms in total. The van der Waals surface area contributed by atoms with Gasteiger partial charge < -0.3 is 14.6 Å². The van der Waals surface area contributed by atoms with Gasteiger partial charge in [-0.3, -0.25) is 4.98 Å². The summed E-state index contributed by atoms with van der Waals surface area (Å²) in [5, 5.41) is 10.3. The molecule has 0 amide bonds. The highest BCUT2D eigenvalue weighted by Crippen LogP contribution is 2.24. The van der Waals surface area contributed by atoms with Crippen LogP contribution in [-0.4, -0.2) is 28.8 Å². The van der Waals surface area contributed by atoms with E-state index in [2.05, 4.69) is 9.97 Å². The number of pyridine rings is 2. The molecule has 0 aromatic carbocycles. The average Bonchev–Trinajstić information content (AvgIpc) is 2.47. The van der Waals surface area contributed by atoms with Crippen LogP contribution in [0.5, 0.6) is 11.6 Å². The lowest BCUT2D eigenvalue weighted by atomic mass is 10.1. The first-order valence-corrected chi connectivity index (χ1v) is 6.00. The Morgan fingerprint density at radius 1 is 1.21 bits per heavy atom. The molecule has 2 rings (SSSR count). The van der Waals surface area contributed by atoms with Crippen LogP contribution in [0, 0.1) is 0 Å². The molecule has 0 saturated heterocycles. The summed E-state index contributed by atoms with van der Waals surface area (Å²) in [6.07, 6.45) is 4.02. The van der Waals surface area contributed by atoms with Crippen LogP contribution in [0.4, 0.5) is 0 Å². The maximum atomic E-state index is 10.3. The van der Waals surface area contributed by atoms with E-state index in [9.17, 15) is 5.11 Å². The van der Waals surface area contributed by atoms with Crippen LogP contribution in [0.25, 0.3) is 0 Å². The van der Waals surface area contributed by atoms with Crippen LogP contribution in [0.3, 0.4) is 0 Å². The molecule has 1 N–H and O–H groups in total. The van der Waals surface area contributed by atoms with Crippen molar-refractivity contribution in [2.45, 2.75) is 13.0 Å². The fourth-order valence-electron chi connectivity index (χ4n) is 1.70. The van der Waals surface area contributed by atoms with Gasteiger partial charge in [-0.15, -0.1) is 0 Å². The summed E-state index contributed by atoms with van der Waals surface area (Å²) >= 11 is 0. The largest absolute Gasteiger partial charge is 0.492 e. The third-order valence-electron chi connectivity index (χ3n) is 2.65. The summed E-state index contributed by atoms with van der Waals surface area (Å²) in [5.41, 5.74) is 1.34. The lowest BCUT2D eigenvalue weighted by Crippen LogP contribution is -2.02. The maximum Gasteiger partial charge on any atom is 0.212 e. The monoisotopic (exact) mass is 260 g/mol. The van der Waals surface area contributed by atoms with Crippen molar-refractivity contribution < 1.29 is 14.6 Å². The number of nitrogens with zero attached hydrogens (tertiary/aromatic N) is 2. The molecule has 0 bridgehead atoms. The summed E-state index contributed by atoms with van der Waals surface area (Å²) < 4.78 is 10.3. The Hall–Kier alpha value is -2.14. The fraction of sp³-hybridized carbons (Fsp3) is 0.286. The molecule has 2 aromatic rings. The average molecular weight is 260 g/mol. The summed E-state index contributed by atoms with van der Waals surface area (Å²) in [7, 11) is 1.55. The van der Waals surface area contributed by atoms with E-state index in [1.165, 1.54) is 0 Å². The van der Waals surface area contributed by atoms with Crippen molar-refractivity contribution >= 4 is 0 Å². The summed E-state index contributed by atoms with van der Waals surface area (Å²) in [6, 6.07) is 5.24. The van der Waals surface area contributed by atoms with Gasteiger partial charge in [-0.25, -0.2) is 4.98 Å². The van der Waals surface area contributed by atoms with Crippen LogP contribution in [0.1, 0.15) is 24.2 Å². The minimum absolute atomic E-state index is 0.511. The molecule has 0 aliphatic rings. The number of aliphatic hydroxyl groups excluding tert-OH is 1. The van der Waals surface area contributed by atoms with Crippen LogP contribution in [0.15, 0.2) is 36.8 Å². The molecule has 1 unspecified atom stereocenters. The molecule has 5 heteroatoms. The zero-order valence-electron chi connectivity index (χ0n) is 10.9. The Morgan fingerprint density at radius 3 is 2.68 bits per heavy atom. The number of ether oxygens (including phenoxy) is 2. The number of hydrogen-bond donors (Lipinski definition) is 1. The van der Waals surface area contributed by atoms with Crippen molar-refractivity contribution in [2.75, 3.05) is 13.7 Å². The third-order valence-corrected chi connectivity index (χ3v) is 2.65. The Morgan fingerprint density at radius 2 is 2.05 bits per heavy atom. The van der Waals surface area contributed by atoms with Gasteiger partial charge in [0.15, 0.2) is 0 Å². The molecular formula is C14H16N2O3. The van der Waals surface area contributed by atoms with E-state index in [-0.39, 0.29) is 0 Å². The van der Waals surface area contributed by atoms with Gasteiger partial charge in [-0.2, -0.15) is 0 Å². The predicted molar refractivity (Wildman–Crippen MR) is 70.3 cm³/mol. The minimum Gasteiger partial charge on any atom is -0.492 e. The molecule has 0 fully saturated rings. The first kappa shape index (κ1) is 13.3. The zero-order valence-corrected chi connectivity index (χ0v) is 10.9.